The summed E-state index contributed by atoms with van der Waals surface area (Å²) in [5.74, 6) is 0.783. The van der Waals surface area contributed by atoms with E-state index in [1.54, 1.807) is 0 Å². The fourth-order valence-corrected chi connectivity index (χ4v) is 3.15. The number of rotatable bonds is 0. The summed E-state index contributed by atoms with van der Waals surface area (Å²) in [5.41, 5.74) is 0.405. The number of fused-ring (bicyclic) bond motifs is 2. The average Bonchev–Trinajstić information content (AvgIpc) is 2.26. The second-order valence-corrected chi connectivity index (χ2v) is 6.22. The van der Waals surface area contributed by atoms with Crippen LogP contribution < -0.4 is 0 Å². The van der Waals surface area contributed by atoms with E-state index in [4.69, 9.17) is 0 Å². The molecule has 4 atom stereocenters. The quantitative estimate of drug-likeness (QED) is 0.641. The maximum Gasteiger partial charge on any atom is 0.0710 e. The SMILES string of the molecule is CN1C2CC(O)C1C[C@@H](C(C)(C)C)C2. The molecule has 0 radical (unpaired) electrons. The molecule has 0 aromatic rings. The average molecular weight is 197 g/mol. The molecule has 2 rings (SSSR count). The molecule has 0 saturated carbocycles. The van der Waals surface area contributed by atoms with E-state index >= 15 is 0 Å². The summed E-state index contributed by atoms with van der Waals surface area (Å²) in [4.78, 5) is 2.40. The van der Waals surface area contributed by atoms with Crippen LogP contribution in [-0.4, -0.2) is 35.2 Å². The molecular formula is C12H23NO. The van der Waals surface area contributed by atoms with Gasteiger partial charge in [0.25, 0.3) is 0 Å². The van der Waals surface area contributed by atoms with Gasteiger partial charge >= 0.3 is 0 Å². The highest BCUT2D eigenvalue weighted by Crippen LogP contribution is 2.44. The van der Waals surface area contributed by atoms with Crippen LogP contribution in [0, 0.1) is 11.3 Å². The van der Waals surface area contributed by atoms with Gasteiger partial charge < -0.3 is 5.11 Å². The largest absolute Gasteiger partial charge is 0.391 e. The first-order valence-electron chi connectivity index (χ1n) is 5.79. The van der Waals surface area contributed by atoms with E-state index in [2.05, 4.69) is 32.7 Å². The van der Waals surface area contributed by atoms with Crippen LogP contribution >= 0.6 is 0 Å². The molecule has 2 nitrogen and oxygen atoms in total. The Hall–Kier alpha value is -0.0800. The number of aliphatic hydroxyl groups is 1. The number of aliphatic hydroxyl groups excluding tert-OH is 1. The van der Waals surface area contributed by atoms with Gasteiger partial charge in [-0.1, -0.05) is 20.8 Å². The van der Waals surface area contributed by atoms with Crippen LogP contribution in [0.5, 0.6) is 0 Å². The minimum absolute atomic E-state index is 0.0719. The summed E-state index contributed by atoms with van der Waals surface area (Å²) < 4.78 is 0. The summed E-state index contributed by atoms with van der Waals surface area (Å²) in [7, 11) is 2.17. The predicted octanol–water partition coefficient (Wildman–Crippen LogP) is 1.88. The van der Waals surface area contributed by atoms with Gasteiger partial charge in [0.15, 0.2) is 0 Å². The molecule has 2 heteroatoms. The van der Waals surface area contributed by atoms with Gasteiger partial charge in [-0.15, -0.1) is 0 Å². The van der Waals surface area contributed by atoms with E-state index in [-0.39, 0.29) is 6.10 Å². The molecule has 1 N–H and O–H groups in total. The number of hydrogen-bond acceptors (Lipinski definition) is 2. The van der Waals surface area contributed by atoms with Gasteiger partial charge in [-0.2, -0.15) is 0 Å². The van der Waals surface area contributed by atoms with E-state index < -0.39 is 0 Å². The molecule has 3 unspecified atom stereocenters. The first-order valence-corrected chi connectivity index (χ1v) is 5.79. The maximum absolute atomic E-state index is 9.91. The van der Waals surface area contributed by atoms with E-state index in [9.17, 15) is 5.11 Å². The van der Waals surface area contributed by atoms with Crippen molar-refractivity contribution in [2.75, 3.05) is 7.05 Å². The Labute approximate surface area is 87.3 Å². The Balaban J connectivity index is 2.11. The van der Waals surface area contributed by atoms with E-state index in [1.807, 2.05) is 0 Å². The van der Waals surface area contributed by atoms with Crippen molar-refractivity contribution < 1.29 is 5.11 Å². The van der Waals surface area contributed by atoms with Crippen molar-refractivity contribution in [3.05, 3.63) is 0 Å². The molecule has 82 valence electrons. The standard InChI is InChI=1S/C12H23NO/c1-12(2,3)8-5-9-7-11(14)10(6-8)13(9)4/h8-11,14H,5-7H2,1-4H3/t8-,9?,10?,11?/m0/s1. The van der Waals surface area contributed by atoms with Crippen LogP contribution in [0.2, 0.25) is 0 Å². The lowest BCUT2D eigenvalue weighted by molar-refractivity contribution is 0.0446. The number of hydrogen-bond donors (Lipinski definition) is 1. The van der Waals surface area contributed by atoms with Crippen LogP contribution in [0.15, 0.2) is 0 Å². The summed E-state index contributed by atoms with van der Waals surface area (Å²) in [6.45, 7) is 6.98. The van der Waals surface area contributed by atoms with Gasteiger partial charge in [-0.25, -0.2) is 0 Å². The zero-order valence-electron chi connectivity index (χ0n) is 9.83. The molecule has 2 fully saturated rings. The third-order valence-corrected chi connectivity index (χ3v) is 4.36. The lowest BCUT2D eigenvalue weighted by Crippen LogP contribution is -2.45. The summed E-state index contributed by atoms with van der Waals surface area (Å²) >= 11 is 0. The molecular weight excluding hydrogens is 174 g/mol. The molecule has 14 heavy (non-hydrogen) atoms. The molecule has 0 aromatic heterocycles. The molecule has 2 saturated heterocycles. The number of nitrogens with zero attached hydrogens (tertiary/aromatic N) is 1. The van der Waals surface area contributed by atoms with Crippen molar-refractivity contribution in [1.29, 1.82) is 0 Å². The first-order chi connectivity index (χ1) is 6.39. The van der Waals surface area contributed by atoms with Crippen LogP contribution in [0.4, 0.5) is 0 Å². The smallest absolute Gasteiger partial charge is 0.0710 e. The normalized spacial score (nSPS) is 44.4. The van der Waals surface area contributed by atoms with Crippen LogP contribution in [0.25, 0.3) is 0 Å². The third-order valence-electron chi connectivity index (χ3n) is 4.36. The fraction of sp³-hybridized carbons (Fsp3) is 1.00. The second kappa shape index (κ2) is 3.21. The maximum atomic E-state index is 9.91. The van der Waals surface area contributed by atoms with E-state index in [0.717, 1.165) is 12.3 Å². The molecule has 0 amide bonds. The van der Waals surface area contributed by atoms with Gasteiger partial charge in [-0.3, -0.25) is 4.90 Å². The Morgan fingerprint density at radius 1 is 1.14 bits per heavy atom. The Morgan fingerprint density at radius 3 is 2.29 bits per heavy atom. The molecule has 2 aliphatic heterocycles. The molecule has 2 bridgehead atoms. The first kappa shape index (κ1) is 10.4. The Kier molecular flexibility index (Phi) is 2.39. The van der Waals surface area contributed by atoms with Crippen molar-refractivity contribution in [1.82, 2.24) is 4.90 Å². The summed E-state index contributed by atoms with van der Waals surface area (Å²) in [5, 5.41) is 9.91. The highest BCUT2D eigenvalue weighted by atomic mass is 16.3. The molecule has 0 aromatic carbocycles. The van der Waals surface area contributed by atoms with E-state index in [1.165, 1.54) is 12.8 Å². The van der Waals surface area contributed by atoms with Crippen molar-refractivity contribution in [3.63, 3.8) is 0 Å². The minimum atomic E-state index is -0.0719. The summed E-state index contributed by atoms with van der Waals surface area (Å²) in [6.07, 6.45) is 3.37. The monoisotopic (exact) mass is 197 g/mol. The van der Waals surface area contributed by atoms with Crippen molar-refractivity contribution in [3.8, 4) is 0 Å². The van der Waals surface area contributed by atoms with Gasteiger partial charge in [0.1, 0.15) is 0 Å². The third kappa shape index (κ3) is 1.59. The summed E-state index contributed by atoms with van der Waals surface area (Å²) in [6, 6.07) is 1.06. The van der Waals surface area contributed by atoms with Crippen LogP contribution in [-0.2, 0) is 0 Å². The topological polar surface area (TPSA) is 23.5 Å². The lowest BCUT2D eigenvalue weighted by atomic mass is 9.73. The highest BCUT2D eigenvalue weighted by Gasteiger charge is 2.46. The Bertz CT molecular complexity index is 221. The zero-order chi connectivity index (χ0) is 10.5. The highest BCUT2D eigenvalue weighted by molar-refractivity contribution is 5.00. The molecule has 0 aliphatic carbocycles. The molecule has 0 spiro atoms. The second-order valence-electron chi connectivity index (χ2n) is 6.22. The van der Waals surface area contributed by atoms with Crippen molar-refractivity contribution in [2.24, 2.45) is 11.3 Å². The van der Waals surface area contributed by atoms with Crippen molar-refractivity contribution in [2.45, 2.75) is 58.2 Å². The lowest BCUT2D eigenvalue weighted by Gasteiger charge is -2.42. The number of piperidine rings is 1. The fourth-order valence-electron chi connectivity index (χ4n) is 3.15. The Morgan fingerprint density at radius 2 is 1.79 bits per heavy atom. The van der Waals surface area contributed by atoms with Gasteiger partial charge in [-0.05, 0) is 37.6 Å². The predicted molar refractivity (Wildman–Crippen MR) is 58.1 cm³/mol. The number of likely N-dealkylation sites (N-methyl/N-ethyl adjacent to an activating group) is 1. The van der Waals surface area contributed by atoms with Crippen LogP contribution in [0.3, 0.4) is 0 Å². The van der Waals surface area contributed by atoms with Gasteiger partial charge in [0.05, 0.1) is 6.10 Å². The molecule has 2 heterocycles. The van der Waals surface area contributed by atoms with Crippen molar-refractivity contribution >= 4 is 0 Å². The minimum Gasteiger partial charge on any atom is -0.391 e. The molecule has 2 aliphatic rings. The van der Waals surface area contributed by atoms with E-state index in [0.29, 0.717) is 17.5 Å². The van der Waals surface area contributed by atoms with Gasteiger partial charge in [0.2, 0.25) is 0 Å². The van der Waals surface area contributed by atoms with Gasteiger partial charge in [0, 0.05) is 12.1 Å². The zero-order valence-corrected chi connectivity index (χ0v) is 9.83. The van der Waals surface area contributed by atoms with Crippen LogP contribution in [0.1, 0.15) is 40.0 Å².